The minimum atomic E-state index is -5.07. The number of hydrogen-bond acceptors (Lipinski definition) is 7. The topological polar surface area (TPSA) is 124 Å². The van der Waals surface area contributed by atoms with Crippen LogP contribution in [0.15, 0.2) is 30.5 Å². The molecule has 0 bridgehead atoms. The van der Waals surface area contributed by atoms with Gasteiger partial charge in [-0.05, 0) is 41.6 Å². The first-order valence-corrected chi connectivity index (χ1v) is 8.79. The molecule has 0 saturated carbocycles. The number of aromatic nitrogens is 5. The van der Waals surface area contributed by atoms with Crippen LogP contribution in [0.3, 0.4) is 0 Å². The van der Waals surface area contributed by atoms with Crippen LogP contribution < -0.4 is 15.4 Å². The SMILES string of the molecule is Cc1cc(C(=O)Nc2c(OC(F)(F)F)ccc(C(=O)Nc3nnnn3C)c2Cl)ccn1. The van der Waals surface area contributed by atoms with E-state index < -0.39 is 34.6 Å². The van der Waals surface area contributed by atoms with Crippen LogP contribution in [-0.4, -0.2) is 43.4 Å². The molecular weight excluding hydrogens is 443 g/mol. The van der Waals surface area contributed by atoms with Gasteiger partial charge in [-0.1, -0.05) is 16.7 Å². The molecule has 0 radical (unpaired) electrons. The molecule has 0 saturated heterocycles. The highest BCUT2D eigenvalue weighted by Crippen LogP contribution is 2.38. The van der Waals surface area contributed by atoms with Gasteiger partial charge in [-0.2, -0.15) is 0 Å². The molecule has 0 unspecified atom stereocenters. The van der Waals surface area contributed by atoms with Crippen LogP contribution in [0.1, 0.15) is 26.4 Å². The Labute approximate surface area is 177 Å². The molecule has 3 aromatic rings. The van der Waals surface area contributed by atoms with E-state index in [0.29, 0.717) is 5.69 Å². The number of nitrogens with zero attached hydrogens (tertiary/aromatic N) is 5. The molecule has 2 aromatic heterocycles. The summed E-state index contributed by atoms with van der Waals surface area (Å²) < 4.78 is 43.6. The Hall–Kier alpha value is -3.74. The third-order valence-corrected chi connectivity index (χ3v) is 4.21. The highest BCUT2D eigenvalue weighted by molar-refractivity contribution is 6.38. The van der Waals surface area contributed by atoms with E-state index in [2.05, 4.69) is 35.9 Å². The van der Waals surface area contributed by atoms with Crippen molar-refractivity contribution in [2.24, 2.45) is 7.05 Å². The zero-order valence-corrected chi connectivity index (χ0v) is 16.6. The van der Waals surface area contributed by atoms with Gasteiger partial charge in [-0.25, -0.2) is 4.68 Å². The number of nitrogens with one attached hydrogen (secondary N) is 2. The van der Waals surface area contributed by atoms with E-state index in [9.17, 15) is 22.8 Å². The molecule has 0 aliphatic carbocycles. The summed E-state index contributed by atoms with van der Waals surface area (Å²) in [6, 6.07) is 4.65. The van der Waals surface area contributed by atoms with Gasteiger partial charge < -0.3 is 10.1 Å². The lowest BCUT2D eigenvalue weighted by Gasteiger charge is -2.17. The van der Waals surface area contributed by atoms with Gasteiger partial charge >= 0.3 is 6.36 Å². The third-order valence-electron chi connectivity index (χ3n) is 3.82. The van der Waals surface area contributed by atoms with E-state index in [0.717, 1.165) is 16.8 Å². The molecule has 14 heteroatoms. The van der Waals surface area contributed by atoms with E-state index in [4.69, 9.17) is 11.6 Å². The second-order valence-corrected chi connectivity index (χ2v) is 6.45. The van der Waals surface area contributed by atoms with Gasteiger partial charge in [0.2, 0.25) is 5.95 Å². The second kappa shape index (κ2) is 8.55. The summed E-state index contributed by atoms with van der Waals surface area (Å²) in [7, 11) is 1.46. The van der Waals surface area contributed by atoms with Crippen LogP contribution in [0.5, 0.6) is 5.75 Å². The van der Waals surface area contributed by atoms with Crippen molar-refractivity contribution in [2.45, 2.75) is 13.3 Å². The van der Waals surface area contributed by atoms with Crippen LogP contribution in [0.4, 0.5) is 24.8 Å². The van der Waals surface area contributed by atoms with E-state index in [1.165, 1.54) is 25.4 Å². The molecule has 31 heavy (non-hydrogen) atoms. The maximum Gasteiger partial charge on any atom is 0.573 e. The first-order chi connectivity index (χ1) is 14.5. The van der Waals surface area contributed by atoms with Gasteiger partial charge in [0.15, 0.2) is 5.75 Å². The zero-order chi connectivity index (χ0) is 22.8. The quantitative estimate of drug-likeness (QED) is 0.606. The number of benzene rings is 1. The molecule has 0 aliphatic rings. The number of carbonyl (C=O) groups excluding carboxylic acids is 2. The normalized spacial score (nSPS) is 11.2. The Kier molecular flexibility index (Phi) is 6.06. The van der Waals surface area contributed by atoms with Crippen molar-refractivity contribution < 1.29 is 27.5 Å². The average Bonchev–Trinajstić information content (AvgIpc) is 3.08. The van der Waals surface area contributed by atoms with Gasteiger partial charge in [0, 0.05) is 24.5 Å². The summed E-state index contributed by atoms with van der Waals surface area (Å²) >= 11 is 6.19. The number of tetrazole rings is 1. The lowest BCUT2D eigenvalue weighted by atomic mass is 10.1. The van der Waals surface area contributed by atoms with E-state index in [1.54, 1.807) is 6.92 Å². The molecular formula is C17H13ClF3N7O3. The van der Waals surface area contributed by atoms with E-state index >= 15 is 0 Å². The molecule has 0 atom stereocenters. The average molecular weight is 456 g/mol. The van der Waals surface area contributed by atoms with Gasteiger partial charge in [-0.3, -0.25) is 19.9 Å². The molecule has 0 fully saturated rings. The molecule has 0 spiro atoms. The maximum atomic E-state index is 12.8. The van der Waals surface area contributed by atoms with Gasteiger partial charge in [0.1, 0.15) is 5.69 Å². The molecule has 3 rings (SSSR count). The number of carbonyl (C=O) groups is 2. The fourth-order valence-electron chi connectivity index (χ4n) is 2.44. The number of alkyl halides is 3. The van der Waals surface area contributed by atoms with Crippen molar-refractivity contribution >= 4 is 35.1 Å². The Morgan fingerprint density at radius 2 is 1.90 bits per heavy atom. The standard InChI is InChI=1S/C17H13ClF3N7O3/c1-8-7-9(5-6-22-8)14(29)23-13-11(31-17(19,20)21)4-3-10(12(13)18)15(30)24-16-25-26-27-28(16)2/h3-7H,1-2H3,(H,23,29)(H,24,25,27,30). The summed E-state index contributed by atoms with van der Waals surface area (Å²) in [6.07, 6.45) is -3.71. The molecule has 1 aromatic carbocycles. The number of aryl methyl sites for hydroxylation is 2. The Bertz CT molecular complexity index is 1150. The minimum Gasteiger partial charge on any atom is -0.404 e. The molecule has 10 nitrogen and oxygen atoms in total. The number of hydrogen-bond donors (Lipinski definition) is 2. The largest absolute Gasteiger partial charge is 0.573 e. The summed E-state index contributed by atoms with van der Waals surface area (Å²) in [6.45, 7) is 1.63. The fraction of sp³-hybridized carbons (Fsp3) is 0.176. The molecule has 2 heterocycles. The number of pyridine rings is 1. The van der Waals surface area contributed by atoms with E-state index in [1.807, 2.05) is 0 Å². The summed E-state index contributed by atoms with van der Waals surface area (Å²) in [5, 5.41) is 14.6. The number of amides is 2. The summed E-state index contributed by atoms with van der Waals surface area (Å²) in [5.74, 6) is -2.44. The lowest BCUT2D eigenvalue weighted by Crippen LogP contribution is -2.21. The summed E-state index contributed by atoms with van der Waals surface area (Å²) in [4.78, 5) is 29.0. The Morgan fingerprint density at radius 1 is 1.16 bits per heavy atom. The molecule has 2 amide bonds. The van der Waals surface area contributed by atoms with Crippen LogP contribution in [0.25, 0.3) is 0 Å². The van der Waals surface area contributed by atoms with Crippen molar-refractivity contribution in [1.82, 2.24) is 25.2 Å². The van der Waals surface area contributed by atoms with Crippen molar-refractivity contribution in [1.29, 1.82) is 0 Å². The zero-order valence-electron chi connectivity index (χ0n) is 15.9. The van der Waals surface area contributed by atoms with Crippen molar-refractivity contribution in [3.63, 3.8) is 0 Å². The van der Waals surface area contributed by atoms with Gasteiger partial charge in [0.25, 0.3) is 11.8 Å². The van der Waals surface area contributed by atoms with Crippen LogP contribution >= 0.6 is 11.6 Å². The smallest absolute Gasteiger partial charge is 0.404 e. The van der Waals surface area contributed by atoms with Gasteiger partial charge in [-0.15, -0.1) is 13.2 Å². The fourth-order valence-corrected chi connectivity index (χ4v) is 2.73. The third kappa shape index (κ3) is 5.25. The van der Waals surface area contributed by atoms with Gasteiger partial charge in [0.05, 0.1) is 10.6 Å². The number of rotatable bonds is 5. The van der Waals surface area contributed by atoms with Crippen LogP contribution in [0.2, 0.25) is 5.02 Å². The highest BCUT2D eigenvalue weighted by atomic mass is 35.5. The predicted octanol–water partition coefficient (Wildman–Crippen LogP) is 2.97. The monoisotopic (exact) mass is 455 g/mol. The van der Waals surface area contributed by atoms with Crippen LogP contribution in [0, 0.1) is 6.92 Å². The Balaban J connectivity index is 1.99. The second-order valence-electron chi connectivity index (χ2n) is 6.07. The van der Waals surface area contributed by atoms with Crippen LogP contribution in [-0.2, 0) is 7.05 Å². The number of anilines is 2. The van der Waals surface area contributed by atoms with Crippen molar-refractivity contribution in [3.8, 4) is 5.75 Å². The first kappa shape index (κ1) is 22.0. The predicted molar refractivity (Wildman–Crippen MR) is 102 cm³/mol. The van der Waals surface area contributed by atoms with Crippen molar-refractivity contribution in [3.05, 3.63) is 52.3 Å². The first-order valence-electron chi connectivity index (χ1n) is 8.41. The van der Waals surface area contributed by atoms with Crippen molar-refractivity contribution in [2.75, 3.05) is 10.6 Å². The Morgan fingerprint density at radius 3 is 2.52 bits per heavy atom. The summed E-state index contributed by atoms with van der Waals surface area (Å²) in [5.41, 5.74) is -0.167. The molecule has 0 aliphatic heterocycles. The molecule has 2 N–H and O–H groups in total. The minimum absolute atomic E-state index is 0.0328. The maximum absolute atomic E-state index is 12.8. The highest BCUT2D eigenvalue weighted by Gasteiger charge is 2.34. The molecule has 162 valence electrons. The lowest BCUT2D eigenvalue weighted by molar-refractivity contribution is -0.274. The number of ether oxygens (including phenoxy) is 1. The number of halogens is 4. The van der Waals surface area contributed by atoms with E-state index in [-0.39, 0.29) is 17.1 Å².